The van der Waals surface area contributed by atoms with Gasteiger partial charge in [0.25, 0.3) is 0 Å². The van der Waals surface area contributed by atoms with Crippen LogP contribution in [0.1, 0.15) is 133 Å². The summed E-state index contributed by atoms with van der Waals surface area (Å²) in [7, 11) is 0. The standard InChI is InChI=1S/C59H63N3O/c1-36(2)40-25-26-51(47(32-40)39-21-15-14-16-22-39)62-52-24-18-23-46(54(52)61-56(62)48-34-45(58(8,9)10)35-49(55(48)63)59(11,12)13)42-29-43(31-44(30-42)57(5,6)7)50-33-41(27-28-60-50)53-37(3)19-17-20-38(53)4/h14-36,63H,1-13H3/i3D3,4D3,17D,19D,20D,27D,28D,33D,36D. The van der Waals surface area contributed by atoms with E-state index in [0.29, 0.717) is 33.5 Å². The second kappa shape index (κ2) is 16.1. The van der Waals surface area contributed by atoms with Crippen LogP contribution < -0.4 is 0 Å². The van der Waals surface area contributed by atoms with Crippen LogP contribution >= 0.6 is 0 Å². The Morgan fingerprint density at radius 2 is 1.33 bits per heavy atom. The van der Waals surface area contributed by atoms with Gasteiger partial charge in [0.1, 0.15) is 11.6 Å². The number of imidazole rings is 1. The number of phenols is 1. The Balaban J connectivity index is 1.51. The number of hydrogen-bond donors (Lipinski definition) is 1. The van der Waals surface area contributed by atoms with Gasteiger partial charge in [-0.3, -0.25) is 9.55 Å². The van der Waals surface area contributed by atoms with Gasteiger partial charge in [-0.1, -0.05) is 155 Å². The Kier molecular flexibility index (Phi) is 7.67. The molecular weight excluding hydrogens is 767 g/mol. The monoisotopic (exact) mass is 843 g/mol. The summed E-state index contributed by atoms with van der Waals surface area (Å²) >= 11 is 0. The van der Waals surface area contributed by atoms with Gasteiger partial charge in [-0.15, -0.1) is 0 Å². The lowest BCUT2D eigenvalue weighted by Crippen LogP contribution is -2.17. The van der Waals surface area contributed by atoms with Crippen molar-refractivity contribution in [3.8, 4) is 67.5 Å². The van der Waals surface area contributed by atoms with Crippen molar-refractivity contribution < 1.29 is 22.9 Å². The number of aromatic hydroxyl groups is 1. The van der Waals surface area contributed by atoms with E-state index in [0.717, 1.165) is 39.1 Å². The lowest BCUT2D eigenvalue weighted by atomic mass is 9.79. The van der Waals surface area contributed by atoms with Gasteiger partial charge in [0.05, 0.1) is 36.2 Å². The molecule has 2 heterocycles. The summed E-state index contributed by atoms with van der Waals surface area (Å²) in [5.74, 6) is -0.426. The number of para-hydroxylation sites is 1. The first-order chi connectivity index (χ1) is 34.9. The summed E-state index contributed by atoms with van der Waals surface area (Å²) < 4.78 is 115. The molecule has 0 unspecified atom stereocenters. The van der Waals surface area contributed by atoms with Gasteiger partial charge < -0.3 is 5.11 Å². The molecule has 0 atom stereocenters. The molecule has 8 aromatic rings. The zero-order valence-electron chi connectivity index (χ0n) is 51.0. The van der Waals surface area contributed by atoms with Gasteiger partial charge in [0, 0.05) is 38.0 Å². The maximum Gasteiger partial charge on any atom is 0.149 e. The Labute approximate surface area is 394 Å². The van der Waals surface area contributed by atoms with Crippen LogP contribution in [0.3, 0.4) is 0 Å². The van der Waals surface area contributed by atoms with Crippen LogP contribution in [-0.2, 0) is 16.2 Å². The van der Waals surface area contributed by atoms with Gasteiger partial charge in [-0.05, 0) is 134 Å². The first kappa shape index (κ1) is 29.9. The van der Waals surface area contributed by atoms with Crippen LogP contribution in [0.15, 0.2) is 133 Å². The smallest absolute Gasteiger partial charge is 0.149 e. The van der Waals surface area contributed by atoms with Gasteiger partial charge in [-0.2, -0.15) is 0 Å². The van der Waals surface area contributed by atoms with Gasteiger partial charge in [0.2, 0.25) is 0 Å². The molecule has 2 aromatic heterocycles. The van der Waals surface area contributed by atoms with Gasteiger partial charge in [-0.25, -0.2) is 4.98 Å². The van der Waals surface area contributed by atoms with Crippen molar-refractivity contribution in [1.29, 1.82) is 0 Å². The summed E-state index contributed by atoms with van der Waals surface area (Å²) in [6.07, 6.45) is -0.712. The van der Waals surface area contributed by atoms with Crippen LogP contribution in [0.2, 0.25) is 0 Å². The predicted molar refractivity (Wildman–Crippen MR) is 267 cm³/mol. The van der Waals surface area contributed by atoms with Gasteiger partial charge in [0.15, 0.2) is 0 Å². The highest BCUT2D eigenvalue weighted by Gasteiger charge is 2.30. The van der Waals surface area contributed by atoms with E-state index in [-0.39, 0.29) is 22.4 Å². The van der Waals surface area contributed by atoms with Crippen LogP contribution in [0.5, 0.6) is 5.75 Å². The first-order valence-electron chi connectivity index (χ1n) is 27.8. The van der Waals surface area contributed by atoms with E-state index in [4.69, 9.17) is 21.4 Å². The van der Waals surface area contributed by atoms with Crippen molar-refractivity contribution in [3.63, 3.8) is 0 Å². The average molecular weight is 843 g/mol. The molecule has 0 saturated carbocycles. The van der Waals surface area contributed by atoms with E-state index in [1.54, 1.807) is 12.1 Å². The van der Waals surface area contributed by atoms with E-state index in [2.05, 4.69) is 52.6 Å². The van der Waals surface area contributed by atoms with Crippen molar-refractivity contribution in [2.45, 2.75) is 112 Å². The molecule has 0 saturated heterocycles. The third-order valence-electron chi connectivity index (χ3n) is 11.7. The topological polar surface area (TPSA) is 50.9 Å². The van der Waals surface area contributed by atoms with Crippen LogP contribution in [0.4, 0.5) is 0 Å². The third kappa shape index (κ3) is 8.36. The van der Waals surface area contributed by atoms with Crippen LogP contribution in [0, 0.1) is 13.7 Å². The van der Waals surface area contributed by atoms with Crippen molar-refractivity contribution in [3.05, 3.63) is 167 Å². The summed E-state index contributed by atoms with van der Waals surface area (Å²) in [6, 6.07) is 27.0. The summed E-state index contributed by atoms with van der Waals surface area (Å²) in [5.41, 5.74) is 4.15. The van der Waals surface area contributed by atoms with Crippen molar-refractivity contribution in [2.75, 3.05) is 0 Å². The van der Waals surface area contributed by atoms with Gasteiger partial charge >= 0.3 is 0 Å². The van der Waals surface area contributed by atoms with Crippen LogP contribution in [-0.4, -0.2) is 19.6 Å². The van der Waals surface area contributed by atoms with E-state index >= 15 is 0 Å². The number of fused-ring (bicyclic) bond motifs is 1. The average Bonchev–Trinajstić information content (AvgIpc) is 3.70. The van der Waals surface area contributed by atoms with Crippen molar-refractivity contribution in [1.82, 2.24) is 14.5 Å². The fourth-order valence-electron chi connectivity index (χ4n) is 8.05. The maximum atomic E-state index is 12.6. The van der Waals surface area contributed by atoms with Crippen LogP contribution in [0.25, 0.3) is 72.7 Å². The Morgan fingerprint density at radius 3 is 1.98 bits per heavy atom. The highest BCUT2D eigenvalue weighted by atomic mass is 16.3. The number of phenolic OH excluding ortho intramolecular Hbond substituents is 1. The molecule has 4 heteroatoms. The minimum atomic E-state index is -3.23. The highest BCUT2D eigenvalue weighted by Crippen LogP contribution is 2.46. The number of benzene rings is 6. The Morgan fingerprint density at radius 1 is 0.651 bits per heavy atom. The SMILES string of the molecule is [2H]c1nc(-c2cc(-c3cccc4c3nc(-c3cc(C(C)(C)C)cc(C(C)(C)C)c3O)n4-c3ccc(C([2H])(C)C)cc3-c3ccccc3)cc(C(C)(C)C)c2)c([2H])c(-c2c(C([2H])([2H])[2H])c([2H])c([2H])c([2H])c2C([2H])([2H])[2H])c1[2H]. The molecule has 0 amide bonds. The molecule has 4 nitrogen and oxygen atoms in total. The first-order valence-corrected chi connectivity index (χ1v) is 21.3. The number of rotatable bonds is 7. The molecule has 0 radical (unpaired) electrons. The zero-order chi connectivity index (χ0) is 56.3. The minimum Gasteiger partial charge on any atom is -0.507 e. The van der Waals surface area contributed by atoms with E-state index in [9.17, 15) is 6.48 Å². The molecule has 6 aromatic carbocycles. The van der Waals surface area contributed by atoms with E-state index in [1.807, 2.05) is 118 Å². The molecule has 0 fully saturated rings. The fraction of sp³-hybridized carbons (Fsp3) is 0.288. The fourth-order valence-corrected chi connectivity index (χ4v) is 8.05. The largest absolute Gasteiger partial charge is 0.507 e. The molecule has 0 aliphatic rings. The maximum absolute atomic E-state index is 12.6. The summed E-state index contributed by atoms with van der Waals surface area (Å²) in [5, 5.41) is 12.6. The molecule has 1 N–H and O–H groups in total. The minimum absolute atomic E-state index is 0.0745. The van der Waals surface area contributed by atoms with E-state index in [1.165, 1.54) is 0 Å². The zero-order valence-corrected chi connectivity index (χ0v) is 38.0. The number of pyridine rings is 1. The molecular formula is C59H63N3O. The lowest BCUT2D eigenvalue weighted by Gasteiger charge is -2.27. The van der Waals surface area contributed by atoms with Crippen molar-refractivity contribution >= 4 is 11.0 Å². The lowest BCUT2D eigenvalue weighted by molar-refractivity contribution is 0.446. The molecule has 63 heavy (non-hydrogen) atoms. The summed E-state index contributed by atoms with van der Waals surface area (Å²) in [4.78, 5) is 9.97. The third-order valence-corrected chi connectivity index (χ3v) is 11.7. The molecule has 8 rings (SSSR count). The number of nitrogens with zero attached hydrogens (tertiary/aromatic N) is 3. The molecule has 0 spiro atoms. The molecule has 320 valence electrons. The molecule has 0 aliphatic heterocycles. The van der Waals surface area contributed by atoms with E-state index < -0.39 is 89.1 Å². The molecule has 0 aliphatic carbocycles. The normalized spacial score (nSPS) is 16.0. The molecule has 0 bridgehead atoms. The predicted octanol–water partition coefficient (Wildman–Crippen LogP) is 16.1. The Hall–Kier alpha value is -6.26. The Bertz CT molecular complexity index is 3580. The number of hydrogen-bond acceptors (Lipinski definition) is 3. The number of aromatic nitrogens is 3. The van der Waals surface area contributed by atoms with Crippen molar-refractivity contribution in [2.24, 2.45) is 0 Å². The quantitative estimate of drug-likeness (QED) is 0.174. The summed E-state index contributed by atoms with van der Waals surface area (Å²) in [6.45, 7) is 15.7. The highest BCUT2D eigenvalue weighted by molar-refractivity contribution is 5.98. The second-order valence-corrected chi connectivity index (χ2v) is 19.7. The second-order valence-electron chi connectivity index (χ2n) is 19.7.